The average molecular weight is 596 g/mol. The molecule has 0 bridgehead atoms. The van der Waals surface area contributed by atoms with Crippen LogP contribution in [0.2, 0.25) is 0 Å². The first-order valence-electron chi connectivity index (χ1n) is 12.6. The van der Waals surface area contributed by atoms with Gasteiger partial charge in [0.05, 0.1) is 29.8 Å². The zero-order valence-electron chi connectivity index (χ0n) is 21.7. The minimum atomic E-state index is -4.30. The van der Waals surface area contributed by atoms with Crippen molar-refractivity contribution in [3.8, 4) is 10.4 Å². The van der Waals surface area contributed by atoms with Gasteiger partial charge in [-0.05, 0) is 56.4 Å². The van der Waals surface area contributed by atoms with Crippen LogP contribution in [0, 0.1) is 11.8 Å². The van der Waals surface area contributed by atoms with Gasteiger partial charge in [0, 0.05) is 29.0 Å². The summed E-state index contributed by atoms with van der Waals surface area (Å²) in [5, 5.41) is 14.4. The average Bonchev–Trinajstić information content (AvgIpc) is 3.60. The fraction of sp³-hybridized carbons (Fsp3) is 0.407. The Morgan fingerprint density at radius 3 is 2.40 bits per heavy atom. The van der Waals surface area contributed by atoms with E-state index in [0.29, 0.717) is 21.8 Å². The van der Waals surface area contributed by atoms with Gasteiger partial charge in [-0.25, -0.2) is 9.78 Å². The number of thiazole rings is 1. The van der Waals surface area contributed by atoms with Crippen LogP contribution in [0.25, 0.3) is 10.4 Å². The van der Waals surface area contributed by atoms with Gasteiger partial charge in [0.25, 0.3) is 5.91 Å². The number of carboxylic acid groups (broad SMARTS) is 1. The molecule has 2 N–H and O–H groups in total. The normalized spacial score (nSPS) is 18.2. The predicted octanol–water partition coefficient (Wildman–Crippen LogP) is 6.56. The summed E-state index contributed by atoms with van der Waals surface area (Å²) in [5.74, 6) is -4.06. The highest BCUT2D eigenvalue weighted by Gasteiger charge is 2.44. The Morgan fingerprint density at radius 2 is 1.85 bits per heavy atom. The molecule has 1 saturated carbocycles. The highest BCUT2D eigenvalue weighted by atomic mass is 32.1. The molecule has 0 radical (unpaired) electrons. The number of benzene rings is 1. The van der Waals surface area contributed by atoms with Gasteiger partial charge in [-0.2, -0.15) is 13.2 Å². The number of halogens is 3. The maximum atomic E-state index is 13.7. The molecule has 8 nitrogen and oxygen atoms in total. The van der Waals surface area contributed by atoms with Crippen molar-refractivity contribution in [1.82, 2.24) is 4.98 Å². The molecule has 1 atom stereocenters. The first-order valence-corrected chi connectivity index (χ1v) is 14.3. The number of carboxylic acids is 1. The first kappa shape index (κ1) is 29.7. The minimum Gasteiger partial charge on any atom is -0.477 e. The molecule has 3 aromatic rings. The Hall–Kier alpha value is -3.29. The van der Waals surface area contributed by atoms with Gasteiger partial charge in [0.1, 0.15) is 10.6 Å². The van der Waals surface area contributed by atoms with Gasteiger partial charge < -0.3 is 20.1 Å². The van der Waals surface area contributed by atoms with E-state index in [1.54, 1.807) is 48.1 Å². The fourth-order valence-corrected chi connectivity index (χ4v) is 6.37. The van der Waals surface area contributed by atoms with Crippen LogP contribution in [0.5, 0.6) is 0 Å². The number of anilines is 2. The van der Waals surface area contributed by atoms with Crippen LogP contribution >= 0.6 is 22.7 Å². The second-order valence-corrected chi connectivity index (χ2v) is 11.4. The van der Waals surface area contributed by atoms with E-state index in [0.717, 1.165) is 11.3 Å². The summed E-state index contributed by atoms with van der Waals surface area (Å²) in [4.78, 5) is 44.1. The van der Waals surface area contributed by atoms with E-state index < -0.39 is 35.9 Å². The lowest BCUT2D eigenvalue weighted by Crippen LogP contribution is -2.46. The zero-order valence-corrected chi connectivity index (χ0v) is 23.4. The molecule has 0 spiro atoms. The fourth-order valence-electron chi connectivity index (χ4n) is 4.85. The summed E-state index contributed by atoms with van der Waals surface area (Å²) >= 11 is 2.29. The lowest BCUT2D eigenvalue weighted by molar-refractivity contribution is -0.184. The number of hydrogen-bond acceptors (Lipinski definition) is 7. The SMILES string of the molecule is COCC(C)N(C(=O)C1CCC(C(F)(F)F)CC1)c1cc(-c2ccc(NC(=O)c3cscn3)cc2)sc1C(=O)O. The standard InChI is InChI=1S/C27H28F3N3O5S2/c1-15(12-38-2)33(25(35)17-3-7-18(8-4-17)27(28,29)30)21-11-22(40-23(21)26(36)37)16-5-9-19(10-6-16)32-24(34)20-13-39-14-31-20/h5-6,9-11,13-15,17-18H,3-4,7-8,12H2,1-2H3,(H,32,34)(H,36,37). The quantitative estimate of drug-likeness (QED) is 0.290. The Kier molecular flexibility index (Phi) is 9.26. The minimum absolute atomic E-state index is 0.0591. The molecule has 0 saturated heterocycles. The molecule has 0 aliphatic heterocycles. The van der Waals surface area contributed by atoms with E-state index >= 15 is 0 Å². The molecule has 2 heterocycles. The summed E-state index contributed by atoms with van der Waals surface area (Å²) in [6.45, 7) is 1.83. The van der Waals surface area contributed by atoms with Gasteiger partial charge in [0.2, 0.25) is 5.91 Å². The number of nitrogens with one attached hydrogen (secondary N) is 1. The van der Waals surface area contributed by atoms with Crippen LogP contribution in [0.15, 0.2) is 41.2 Å². The zero-order chi connectivity index (χ0) is 29.0. The van der Waals surface area contributed by atoms with E-state index in [1.807, 2.05) is 0 Å². The van der Waals surface area contributed by atoms with Crippen molar-refractivity contribution in [1.29, 1.82) is 0 Å². The van der Waals surface area contributed by atoms with Crippen molar-refractivity contribution in [2.45, 2.75) is 44.8 Å². The van der Waals surface area contributed by atoms with Crippen molar-refractivity contribution in [2.24, 2.45) is 11.8 Å². The second-order valence-electron chi connectivity index (χ2n) is 9.64. The van der Waals surface area contributed by atoms with Crippen molar-refractivity contribution in [2.75, 3.05) is 23.9 Å². The molecule has 2 amide bonds. The molecule has 1 unspecified atom stereocenters. The number of aromatic nitrogens is 1. The van der Waals surface area contributed by atoms with Gasteiger partial charge in [-0.1, -0.05) is 12.1 Å². The van der Waals surface area contributed by atoms with Crippen LogP contribution < -0.4 is 10.2 Å². The maximum absolute atomic E-state index is 13.7. The number of carbonyl (C=O) groups excluding carboxylic acids is 2. The number of thiophene rings is 1. The number of rotatable bonds is 9. The number of alkyl halides is 3. The van der Waals surface area contributed by atoms with Crippen LogP contribution in [-0.4, -0.2) is 53.8 Å². The topological polar surface area (TPSA) is 109 Å². The van der Waals surface area contributed by atoms with Crippen LogP contribution in [0.1, 0.15) is 52.8 Å². The smallest absolute Gasteiger partial charge is 0.391 e. The Morgan fingerprint density at radius 1 is 1.18 bits per heavy atom. The molecule has 214 valence electrons. The highest BCUT2D eigenvalue weighted by Crippen LogP contribution is 2.43. The van der Waals surface area contributed by atoms with Gasteiger partial charge in [0.15, 0.2) is 0 Å². The monoisotopic (exact) mass is 595 g/mol. The van der Waals surface area contributed by atoms with Gasteiger partial charge in [-0.15, -0.1) is 22.7 Å². The number of ether oxygens (including phenoxy) is 1. The van der Waals surface area contributed by atoms with E-state index in [2.05, 4.69) is 10.3 Å². The molecule has 4 rings (SSSR count). The molecule has 40 heavy (non-hydrogen) atoms. The van der Waals surface area contributed by atoms with E-state index in [4.69, 9.17) is 4.74 Å². The van der Waals surface area contributed by atoms with Crippen LogP contribution in [0.3, 0.4) is 0 Å². The van der Waals surface area contributed by atoms with Gasteiger partial charge >= 0.3 is 12.1 Å². The number of amides is 2. The molecule has 1 fully saturated rings. The molecule has 1 aliphatic carbocycles. The third kappa shape index (κ3) is 6.70. The molecular weight excluding hydrogens is 567 g/mol. The Balaban J connectivity index is 1.60. The number of nitrogens with zero attached hydrogens (tertiary/aromatic N) is 2. The number of hydrogen-bond donors (Lipinski definition) is 2. The number of carbonyl (C=O) groups is 3. The van der Waals surface area contributed by atoms with Crippen molar-refractivity contribution >= 4 is 51.8 Å². The second kappa shape index (κ2) is 12.5. The summed E-state index contributed by atoms with van der Waals surface area (Å²) in [6.07, 6.45) is -4.43. The number of methoxy groups -OCH3 is 1. The summed E-state index contributed by atoms with van der Waals surface area (Å²) in [6, 6.07) is 7.86. The third-order valence-corrected chi connectivity index (χ3v) is 8.63. The lowest BCUT2D eigenvalue weighted by Gasteiger charge is -2.35. The van der Waals surface area contributed by atoms with E-state index in [-0.39, 0.29) is 48.8 Å². The van der Waals surface area contributed by atoms with Gasteiger partial charge in [-0.3, -0.25) is 9.59 Å². The predicted molar refractivity (Wildman–Crippen MR) is 147 cm³/mol. The Bertz CT molecular complexity index is 1330. The number of aromatic carboxylic acids is 1. The van der Waals surface area contributed by atoms with Crippen LogP contribution in [0.4, 0.5) is 24.5 Å². The highest BCUT2D eigenvalue weighted by molar-refractivity contribution is 7.18. The molecule has 2 aromatic heterocycles. The lowest BCUT2D eigenvalue weighted by atomic mass is 9.81. The largest absolute Gasteiger partial charge is 0.477 e. The third-order valence-electron chi connectivity index (χ3n) is 6.88. The van der Waals surface area contributed by atoms with Crippen molar-refractivity contribution < 1.29 is 37.4 Å². The molecule has 13 heteroatoms. The van der Waals surface area contributed by atoms with Crippen molar-refractivity contribution in [3.63, 3.8) is 0 Å². The van der Waals surface area contributed by atoms with Crippen LogP contribution in [-0.2, 0) is 9.53 Å². The van der Waals surface area contributed by atoms with Crippen molar-refractivity contribution in [3.05, 3.63) is 51.8 Å². The van der Waals surface area contributed by atoms with E-state index in [9.17, 15) is 32.7 Å². The molecule has 1 aliphatic rings. The summed E-state index contributed by atoms with van der Waals surface area (Å²) < 4.78 is 44.8. The first-order chi connectivity index (χ1) is 19.0. The maximum Gasteiger partial charge on any atom is 0.391 e. The summed E-state index contributed by atoms with van der Waals surface area (Å²) in [5.41, 5.74) is 3.23. The summed E-state index contributed by atoms with van der Waals surface area (Å²) in [7, 11) is 1.46. The molecule has 1 aromatic carbocycles. The Labute approximate surface area is 236 Å². The van der Waals surface area contributed by atoms with E-state index in [1.165, 1.54) is 23.3 Å². The molecular formula is C27H28F3N3O5S2.